The number of hydrogen-bond acceptors (Lipinski definition) is 25. The van der Waals surface area contributed by atoms with Crippen LogP contribution in [0.1, 0.15) is 208 Å². The van der Waals surface area contributed by atoms with Gasteiger partial charge in [0.05, 0.1) is 49.6 Å². The molecule has 4 aromatic carbocycles. The lowest BCUT2D eigenvalue weighted by molar-refractivity contribution is -0.0279. The van der Waals surface area contributed by atoms with Gasteiger partial charge in [-0.3, -0.25) is 51.8 Å². The van der Waals surface area contributed by atoms with E-state index in [0.29, 0.717) is 22.3 Å². The number of aliphatic hydroxyl groups excluding tert-OH is 1. The molecule has 0 spiro atoms. The number of nitrogens with one attached hydrogen (secondary N) is 4. The second-order valence-corrected chi connectivity index (χ2v) is 32.0. The van der Waals surface area contributed by atoms with Gasteiger partial charge in [0, 0.05) is 103 Å². The summed E-state index contributed by atoms with van der Waals surface area (Å²) < 4.78 is 197. The summed E-state index contributed by atoms with van der Waals surface area (Å²) >= 11 is 5.16. The van der Waals surface area contributed by atoms with Crippen molar-refractivity contribution < 1.29 is 92.7 Å². The molecule has 5 aliphatic rings. The fraction of sp³-hybridized carbons (Fsp3) is 0.456. The van der Waals surface area contributed by atoms with Crippen molar-refractivity contribution in [3.8, 4) is 6.07 Å². The van der Waals surface area contributed by atoms with E-state index in [4.69, 9.17) is 69.0 Å². The van der Waals surface area contributed by atoms with Gasteiger partial charge in [-0.1, -0.05) is 140 Å². The number of H-pyrrole nitrogens is 1. The standard InChI is InChI=1S/C26H35FN5O5P.C18H20FN3O3.C17H18FN3O4.C11H16FN3O2.C11H15FN2O3.C7H5ClO/c1-6-20-23(37-38(35-16-10-14-28)32(17(2)3)18(4)5)22(27)25(36-20)31-15-13-21(30-26(31)34)29-24(33)19-11-8-7-9-12-19;1-3-13-11(2)15(19)17(25-13)22-10-9-14(21-18(22)24)20-16(23)12-7-5-4-6-8-12;1-2-11-14(22)13(18)16(25-11)21-9-8-12(20-17(21)24)19-15(23)10-6-4-3-5-7-10;1-3-7-6(2)9(12)10(17-7)15-5-4-8(13)14-11(15)16;1-3-7-6(2)9(12)10(17-7)14-5-4-8(15)13-11(14)16;8-7(9)6-4-2-1-3-5-6/h7-9,11-13,15,17-18,20,22-23,25H,6,10,16H2,1-5H3,(H,29,30,33,34);4-11,13,15,17H,3H2,1-2H3,(H,20,21,23,24);3-9,11,13-14,16,22H,2H2,1H3,(H,19,20,23,24);4-7,9-10H,3H2,1-2H3,(H2,13,14,16);4-7,9-10H,3H2,1-2H3,(H,13,15,16);1-5H/t20-,22-,23-,25-,38?;11-,13-,15-,17-;11-,13-,14-,16-;2*6-,7-,9-,10-;/m11111./s1/i6D2;3D2;2D2;2*3D2;. The third-order valence-corrected chi connectivity index (χ3v) is 23.0. The Kier molecular flexibility index (Phi) is 33.2. The predicted octanol–water partition coefficient (Wildman–Crippen LogP) is 13.1. The minimum atomic E-state index is -2.04. The normalized spacial score (nSPS) is 27.1. The van der Waals surface area contributed by atoms with Gasteiger partial charge in [-0.2, -0.15) is 25.2 Å². The Hall–Kier alpha value is -11.5. The summed E-state index contributed by atoms with van der Waals surface area (Å²) in [6, 6.07) is 42.2. The molecule has 704 valence electrons. The Morgan fingerprint density at radius 2 is 0.817 bits per heavy atom. The number of benzene rings is 4. The zero-order valence-corrected chi connectivity index (χ0v) is 74.7. The highest BCUT2D eigenvalue weighted by atomic mass is 35.5. The molecule has 0 radical (unpaired) electrons. The van der Waals surface area contributed by atoms with Crippen LogP contribution in [-0.4, -0.2) is 173 Å². The van der Waals surface area contributed by atoms with Crippen LogP contribution in [0.4, 0.5) is 45.2 Å². The smallest absolute Gasteiger partial charge is 0.351 e. The second-order valence-electron chi connectivity index (χ2n) is 30.3. The van der Waals surface area contributed by atoms with Crippen molar-refractivity contribution in [1.82, 2.24) is 52.4 Å². The highest BCUT2D eigenvalue weighted by molar-refractivity contribution is 7.44. The summed E-state index contributed by atoms with van der Waals surface area (Å²) in [5.41, 5.74) is 2.41. The minimum Gasteiger partial charge on any atom is -0.387 e. The van der Waals surface area contributed by atoms with Gasteiger partial charge in [0.25, 0.3) is 37.0 Å². The van der Waals surface area contributed by atoms with E-state index in [0.717, 1.165) is 42.0 Å². The summed E-state index contributed by atoms with van der Waals surface area (Å²) in [6.07, 6.45) is -27.0. The van der Waals surface area contributed by atoms with Gasteiger partial charge in [0.2, 0.25) is 0 Å². The van der Waals surface area contributed by atoms with E-state index in [1.165, 1.54) is 83.7 Å². The van der Waals surface area contributed by atoms with Crippen LogP contribution in [0, 0.1) is 29.1 Å². The van der Waals surface area contributed by atoms with E-state index in [1.807, 2.05) is 49.5 Å². The third kappa shape index (κ3) is 26.9. The van der Waals surface area contributed by atoms with Crippen LogP contribution in [0.5, 0.6) is 0 Å². The number of nitrogens with zero attached hydrogens (tertiary/aromatic N) is 11. The largest absolute Gasteiger partial charge is 0.387 e. The first-order valence-electron chi connectivity index (χ1n) is 46.1. The topological polar surface area (TPSA) is 437 Å². The summed E-state index contributed by atoms with van der Waals surface area (Å²) in [4.78, 5) is 136. The highest BCUT2D eigenvalue weighted by Crippen LogP contribution is 2.51. The molecule has 14 rings (SSSR count). The molecule has 1 unspecified atom stereocenters. The predicted molar refractivity (Wildman–Crippen MR) is 479 cm³/mol. The molecule has 41 heteroatoms. The molecule has 5 saturated heterocycles. The molecule has 9 aromatic rings. The molecule has 34 nitrogen and oxygen atoms in total. The highest BCUT2D eigenvalue weighted by Gasteiger charge is 2.51. The lowest BCUT2D eigenvalue weighted by Gasteiger charge is -2.37. The van der Waals surface area contributed by atoms with Crippen molar-refractivity contribution >= 4 is 66.4 Å². The van der Waals surface area contributed by atoms with Gasteiger partial charge in [0.1, 0.15) is 35.5 Å². The van der Waals surface area contributed by atoms with Crippen molar-refractivity contribution in [2.24, 2.45) is 17.8 Å². The number of nitriles is 1. The van der Waals surface area contributed by atoms with Gasteiger partial charge in [-0.05, 0) is 132 Å². The SMILES string of the molecule is O=C(Cl)c1ccccc1.[2H]C([2H])(C)[C@H]1O[C@@H](n2ccc(=O)[nH]c2=O)[C@H](F)[C@@H]1C.[2H]C([2H])(C)[C@H]1O[C@@H](n2ccc(N)nc2=O)[C@H](F)[C@@H]1C.[2H]C([2H])(C)[C@H]1O[C@@H](n2ccc(NC(=O)c3ccccc3)nc2=O)[C@H](F)[C@@H]1C.[2H]C([2H])(C)[C@H]1O[C@@H](n2ccc(NC(=O)c3ccccc3)nc2=O)[C@H](F)[C@@H]1O.[2H]C([2H])(C)[C@H]1O[C@@H](n2ccc(NC(=O)c3ccccc3)nc2=O)[C@H](F)[C@@H]1OP(OCCC#N)N(C(C)C)C(C)C. The van der Waals surface area contributed by atoms with Crippen LogP contribution >= 0.6 is 20.1 Å². The number of rotatable bonds is 25. The number of amides is 3. The van der Waals surface area contributed by atoms with Gasteiger partial charge in [-0.15, -0.1) is 0 Å². The summed E-state index contributed by atoms with van der Waals surface area (Å²) in [7, 11) is -1.91. The second kappa shape index (κ2) is 49.1. The number of aliphatic hydroxyl groups is 1. The maximum Gasteiger partial charge on any atom is 0.351 e. The molecule has 10 heterocycles. The number of halogens is 6. The lowest BCUT2D eigenvalue weighted by Crippen LogP contribution is -2.38. The van der Waals surface area contributed by atoms with Crippen molar-refractivity contribution in [2.45, 2.75) is 238 Å². The van der Waals surface area contributed by atoms with Crippen LogP contribution < -0.4 is 55.7 Å². The first-order chi connectivity index (χ1) is 65.9. The number of carbonyl (C=O) groups is 4. The van der Waals surface area contributed by atoms with Crippen LogP contribution in [0.25, 0.3) is 0 Å². The molecule has 7 N–H and O–H groups in total. The Balaban J connectivity index is 0.000000197. The number of carbonyl (C=O) groups excluding carboxylic acids is 4. The zero-order chi connectivity index (χ0) is 105. The van der Waals surface area contributed by atoms with E-state index in [1.54, 1.807) is 129 Å². The Morgan fingerprint density at radius 3 is 1.13 bits per heavy atom. The van der Waals surface area contributed by atoms with E-state index in [2.05, 4.69) is 35.9 Å². The molecular formula is C90H109ClF5N16O18P. The average Bonchev–Trinajstić information content (AvgIpc) is 1.62. The minimum absolute atomic E-state index is 0.0265. The average molecular weight is 1870 g/mol. The summed E-state index contributed by atoms with van der Waals surface area (Å²) in [5, 5.41) is 25.9. The van der Waals surface area contributed by atoms with Crippen molar-refractivity contribution in [2.75, 3.05) is 28.3 Å². The van der Waals surface area contributed by atoms with Gasteiger partial charge < -0.3 is 59.5 Å². The number of aromatic amines is 1. The van der Waals surface area contributed by atoms with E-state index < -0.39 is 220 Å². The number of aromatic nitrogens is 10. The molecule has 5 aliphatic heterocycles. The molecule has 5 fully saturated rings. The number of alkyl halides is 5. The maximum absolute atomic E-state index is 16.1. The Bertz CT molecular complexity index is 6000. The van der Waals surface area contributed by atoms with Crippen LogP contribution in [-0.2, 0) is 32.7 Å². The lowest BCUT2D eigenvalue weighted by atomic mass is 10.00. The van der Waals surface area contributed by atoms with Crippen molar-refractivity contribution in [1.29, 1.82) is 5.26 Å². The monoisotopic (exact) mass is 1870 g/mol. The van der Waals surface area contributed by atoms with Gasteiger partial charge in [0.15, 0.2) is 62.0 Å². The first kappa shape index (κ1) is 88.7. The van der Waals surface area contributed by atoms with Crippen molar-refractivity contribution in [3.05, 3.63) is 268 Å². The number of nitrogens with two attached hydrogens (primary N) is 1. The van der Waals surface area contributed by atoms with Crippen LogP contribution in [0.3, 0.4) is 0 Å². The fourth-order valence-electron chi connectivity index (χ4n) is 13.9. The molecule has 0 aliphatic carbocycles. The first-order valence-corrected chi connectivity index (χ1v) is 42.6. The van der Waals surface area contributed by atoms with Crippen LogP contribution in [0.15, 0.2) is 211 Å². The van der Waals surface area contributed by atoms with Gasteiger partial charge in [-0.25, -0.2) is 50.6 Å². The Morgan fingerprint density at radius 1 is 0.496 bits per heavy atom. The molecule has 5 aromatic heterocycles. The van der Waals surface area contributed by atoms with E-state index in [9.17, 15) is 70.6 Å². The molecule has 0 saturated carbocycles. The van der Waals surface area contributed by atoms with Crippen LogP contribution in [0.2, 0.25) is 0 Å². The van der Waals surface area contributed by atoms with Crippen molar-refractivity contribution in [3.63, 3.8) is 0 Å². The number of ether oxygens (including phenoxy) is 5. The number of nitrogen functional groups attached to an aromatic ring is 1. The summed E-state index contributed by atoms with van der Waals surface area (Å²) in [6.45, 7) is 18.7. The molecule has 21 atom stereocenters. The maximum atomic E-state index is 16.1. The molecule has 0 bridgehead atoms. The quantitative estimate of drug-likeness (QED) is 0.0134. The Labute approximate surface area is 771 Å². The number of anilines is 4. The molecule has 131 heavy (non-hydrogen) atoms. The molecular weight excluding hydrogens is 1750 g/mol. The molecule has 3 amide bonds. The fourth-order valence-corrected chi connectivity index (χ4v) is 15.7. The number of hydrogen-bond donors (Lipinski definition) is 6. The third-order valence-electron chi connectivity index (χ3n) is 20.7. The summed E-state index contributed by atoms with van der Waals surface area (Å²) in [5.74, 6) is -3.40. The van der Waals surface area contributed by atoms with E-state index >= 15 is 4.39 Å². The van der Waals surface area contributed by atoms with E-state index in [-0.39, 0.29) is 48.4 Å². The zero-order valence-electron chi connectivity index (χ0n) is 83.0. The van der Waals surface area contributed by atoms with Gasteiger partial charge >= 0.3 is 28.4 Å².